The zero-order valence-electron chi connectivity index (χ0n) is 21.1. The van der Waals surface area contributed by atoms with Crippen LogP contribution in [0.5, 0.6) is 23.0 Å². The maximum absolute atomic E-state index is 9.12. The highest BCUT2D eigenvalue weighted by Crippen LogP contribution is 2.35. The van der Waals surface area contributed by atoms with Crippen LogP contribution in [0.2, 0.25) is 0 Å². The summed E-state index contributed by atoms with van der Waals surface area (Å²) in [4.78, 5) is 3.54. The molecule has 0 saturated carbocycles. The molecule has 0 aliphatic carbocycles. The van der Waals surface area contributed by atoms with Gasteiger partial charge in [0.1, 0.15) is 29.6 Å². The molecule has 0 bridgehead atoms. The summed E-state index contributed by atoms with van der Waals surface area (Å²) < 4.78 is 11.1. The Labute approximate surface area is 214 Å². The second kappa shape index (κ2) is 16.7. The number of hydrogen-bond acceptors (Lipinski definition) is 6. The summed E-state index contributed by atoms with van der Waals surface area (Å²) in [6, 6.07) is 24.5. The van der Waals surface area contributed by atoms with Gasteiger partial charge < -0.3 is 19.7 Å². The van der Waals surface area contributed by atoms with Crippen molar-refractivity contribution >= 4 is 11.8 Å². The minimum absolute atomic E-state index is 0.307. The van der Waals surface area contributed by atoms with Crippen molar-refractivity contribution in [3.63, 3.8) is 0 Å². The molecule has 3 aromatic carbocycles. The minimum Gasteiger partial charge on any atom is -0.508 e. The van der Waals surface area contributed by atoms with Crippen molar-refractivity contribution in [1.82, 2.24) is 4.90 Å². The third-order valence-electron chi connectivity index (χ3n) is 5.28. The molecule has 35 heavy (non-hydrogen) atoms. The molecule has 2 aliphatic heterocycles. The smallest absolute Gasteiger partial charge is 0.133 e. The van der Waals surface area contributed by atoms with Crippen LogP contribution in [0.15, 0.2) is 83.8 Å². The highest BCUT2D eigenvalue weighted by Gasteiger charge is 2.18. The summed E-state index contributed by atoms with van der Waals surface area (Å²) in [5, 5.41) is 17.8. The lowest BCUT2D eigenvalue weighted by molar-refractivity contribution is 0.172. The number of likely N-dealkylation sites (tertiary alicyclic amines) is 1. The zero-order chi connectivity index (χ0) is 25.3. The van der Waals surface area contributed by atoms with Gasteiger partial charge in [0.25, 0.3) is 0 Å². The monoisotopic (exact) mass is 497 g/mol. The molecule has 190 valence electrons. The summed E-state index contributed by atoms with van der Waals surface area (Å²) in [5.74, 6) is 3.46. The van der Waals surface area contributed by atoms with Crippen LogP contribution in [-0.2, 0) is 0 Å². The number of thioether (sulfide) groups is 1. The summed E-state index contributed by atoms with van der Waals surface area (Å²) in [6.07, 6.45) is 2.69. The Morgan fingerprint density at radius 3 is 2.11 bits per heavy atom. The summed E-state index contributed by atoms with van der Waals surface area (Å²) in [6.45, 7) is 10.3. The van der Waals surface area contributed by atoms with Crippen LogP contribution in [0, 0.1) is 0 Å². The molecule has 0 spiro atoms. The molecule has 0 unspecified atom stereocenters. The predicted molar refractivity (Wildman–Crippen MR) is 146 cm³/mol. The molecule has 3 aromatic rings. The van der Waals surface area contributed by atoms with E-state index in [1.807, 2.05) is 50.2 Å². The van der Waals surface area contributed by atoms with Crippen LogP contribution in [0.4, 0.5) is 0 Å². The number of para-hydroxylation sites is 2. The molecule has 2 aliphatic rings. The maximum Gasteiger partial charge on any atom is 0.133 e. The quantitative estimate of drug-likeness (QED) is 0.411. The molecule has 1 fully saturated rings. The van der Waals surface area contributed by atoms with E-state index in [0.29, 0.717) is 17.5 Å². The molecule has 2 heterocycles. The third kappa shape index (κ3) is 11.0. The predicted octanol–water partition coefficient (Wildman–Crippen LogP) is 6.84. The second-order valence-electron chi connectivity index (χ2n) is 7.88. The van der Waals surface area contributed by atoms with Gasteiger partial charge in [0, 0.05) is 11.8 Å². The first kappa shape index (κ1) is 28.4. The Hall–Kier alpha value is -2.83. The number of aromatic hydroxyl groups is 2. The molecule has 1 atom stereocenters. The van der Waals surface area contributed by atoms with Crippen molar-refractivity contribution in [2.45, 2.75) is 44.6 Å². The molecule has 2 N–H and O–H groups in total. The number of phenols is 2. The Kier molecular flexibility index (Phi) is 13.6. The zero-order valence-corrected chi connectivity index (χ0v) is 21.9. The summed E-state index contributed by atoms with van der Waals surface area (Å²) in [5.41, 5.74) is 0. The van der Waals surface area contributed by atoms with Gasteiger partial charge in [-0.1, -0.05) is 50.2 Å². The number of ether oxygens (including phenoxy) is 2. The Balaban J connectivity index is 0.000000190. The van der Waals surface area contributed by atoms with Gasteiger partial charge in [-0.15, -0.1) is 11.8 Å². The number of hydrogen-bond donors (Lipinski definition) is 2. The van der Waals surface area contributed by atoms with Gasteiger partial charge in [0.2, 0.25) is 0 Å². The van der Waals surface area contributed by atoms with E-state index in [1.54, 1.807) is 54.2 Å². The van der Waals surface area contributed by atoms with E-state index in [1.165, 1.54) is 25.9 Å². The van der Waals surface area contributed by atoms with Gasteiger partial charge in [-0.25, -0.2) is 0 Å². The normalized spacial score (nSPS) is 14.8. The van der Waals surface area contributed by atoms with Crippen molar-refractivity contribution in [1.29, 1.82) is 0 Å². The van der Waals surface area contributed by atoms with E-state index >= 15 is 0 Å². The fourth-order valence-corrected chi connectivity index (χ4v) is 4.34. The topological polar surface area (TPSA) is 62.2 Å². The van der Waals surface area contributed by atoms with Gasteiger partial charge in [-0.3, -0.25) is 4.90 Å². The fraction of sp³-hybridized carbons (Fsp3) is 0.379. The molecule has 1 saturated heterocycles. The second-order valence-corrected chi connectivity index (χ2v) is 9.02. The van der Waals surface area contributed by atoms with Crippen molar-refractivity contribution in [2.24, 2.45) is 0 Å². The number of rotatable bonds is 4. The average molecular weight is 498 g/mol. The minimum atomic E-state index is 0.307. The van der Waals surface area contributed by atoms with Crippen LogP contribution in [0.3, 0.4) is 0 Å². The molecule has 5 nitrogen and oxygen atoms in total. The van der Waals surface area contributed by atoms with Crippen molar-refractivity contribution in [3.8, 4) is 23.0 Å². The molecule has 0 aromatic heterocycles. The van der Waals surface area contributed by atoms with Gasteiger partial charge in [-0.05, 0) is 75.3 Å². The lowest BCUT2D eigenvalue weighted by atomic mass is 10.3. The number of nitrogens with zero attached hydrogens (tertiary/aromatic N) is 1. The average Bonchev–Trinajstić information content (AvgIpc) is 3.46. The van der Waals surface area contributed by atoms with Crippen LogP contribution >= 0.6 is 11.8 Å². The van der Waals surface area contributed by atoms with E-state index in [4.69, 9.17) is 19.7 Å². The largest absolute Gasteiger partial charge is 0.508 e. The van der Waals surface area contributed by atoms with Crippen LogP contribution in [0.1, 0.15) is 33.6 Å². The van der Waals surface area contributed by atoms with Crippen LogP contribution in [-0.4, -0.2) is 53.2 Å². The Morgan fingerprint density at radius 2 is 1.51 bits per heavy atom. The molecule has 5 rings (SSSR count). The first-order valence-corrected chi connectivity index (χ1v) is 13.3. The third-order valence-corrected chi connectivity index (χ3v) is 6.28. The number of fused-ring (bicyclic) bond motifs is 1. The highest BCUT2D eigenvalue weighted by molar-refractivity contribution is 7.99. The van der Waals surface area contributed by atoms with Crippen molar-refractivity contribution < 1.29 is 19.7 Å². The van der Waals surface area contributed by atoms with Crippen LogP contribution < -0.4 is 9.47 Å². The van der Waals surface area contributed by atoms with E-state index in [2.05, 4.69) is 11.8 Å². The van der Waals surface area contributed by atoms with Gasteiger partial charge in [-0.2, -0.15) is 0 Å². The van der Waals surface area contributed by atoms with E-state index in [9.17, 15) is 0 Å². The van der Waals surface area contributed by atoms with Crippen molar-refractivity contribution in [2.75, 3.05) is 32.1 Å². The molecule has 0 amide bonds. The summed E-state index contributed by atoms with van der Waals surface area (Å²) >= 11 is 1.72. The van der Waals surface area contributed by atoms with Gasteiger partial charge >= 0.3 is 0 Å². The first-order valence-electron chi connectivity index (χ1n) is 12.4. The fourth-order valence-electron chi connectivity index (χ4n) is 3.48. The molecular weight excluding hydrogens is 458 g/mol. The van der Waals surface area contributed by atoms with Gasteiger partial charge in [0.05, 0.1) is 11.5 Å². The van der Waals surface area contributed by atoms with E-state index in [-0.39, 0.29) is 0 Å². The SMILES string of the molecule is CC.C[C@@H](COc1ccccc1)N1CCCC1.Oc1ccc2c(c1)SCCO2.Oc1ccccc1. The molecule has 0 radical (unpaired) electrons. The van der Waals surface area contributed by atoms with Gasteiger partial charge in [0.15, 0.2) is 0 Å². The van der Waals surface area contributed by atoms with E-state index in [0.717, 1.165) is 35.4 Å². The lowest BCUT2D eigenvalue weighted by Crippen LogP contribution is -2.34. The number of benzene rings is 3. The Morgan fingerprint density at radius 1 is 0.886 bits per heavy atom. The summed E-state index contributed by atoms with van der Waals surface area (Å²) in [7, 11) is 0. The van der Waals surface area contributed by atoms with E-state index < -0.39 is 0 Å². The maximum atomic E-state index is 9.12. The molecule has 6 heteroatoms. The highest BCUT2D eigenvalue weighted by atomic mass is 32.2. The van der Waals surface area contributed by atoms with Crippen molar-refractivity contribution in [3.05, 3.63) is 78.9 Å². The Bertz CT molecular complexity index is 934. The van der Waals surface area contributed by atoms with Crippen LogP contribution in [0.25, 0.3) is 0 Å². The first-order chi connectivity index (χ1) is 17.1. The lowest BCUT2D eigenvalue weighted by Gasteiger charge is -2.23. The molecular formula is C29H39NO4S. The standard InChI is InChI=1S/C13H19NO.C8H8O2S.C6H6O.C2H6/c1-12(14-9-5-6-10-14)11-15-13-7-3-2-4-8-13;9-6-1-2-7-8(5-6)11-4-3-10-7;7-6-4-2-1-3-5-6;1-2/h2-4,7-8,12H,5-6,9-11H2,1H3;1-2,5,9H,3-4H2;1-5,7H;1-2H3/t12-;;;/m0.../s1. The number of phenolic OH excluding ortho intramolecular Hbond substituents is 2.